The van der Waals surface area contributed by atoms with E-state index in [2.05, 4.69) is 23.7 Å². The Bertz CT molecular complexity index is 1010. The number of benzene rings is 2. The summed E-state index contributed by atoms with van der Waals surface area (Å²) in [5.74, 6) is -0.254. The quantitative estimate of drug-likeness (QED) is 0.661. The van der Waals surface area contributed by atoms with Crippen LogP contribution in [0.25, 0.3) is 11.0 Å². The van der Waals surface area contributed by atoms with Crippen LogP contribution in [0, 0.1) is 5.82 Å². The maximum absolute atomic E-state index is 13.8. The van der Waals surface area contributed by atoms with Crippen LogP contribution < -0.4 is 0 Å². The highest BCUT2D eigenvalue weighted by Gasteiger charge is 2.29. The molecule has 1 amide bonds. The number of imidazole rings is 1. The molecule has 29 heavy (non-hydrogen) atoms. The number of likely N-dealkylation sites (N-methyl/N-ethyl adjacent to an activating group) is 1. The predicted octanol–water partition coefficient (Wildman–Crippen LogP) is 3.78. The first-order valence-corrected chi connectivity index (χ1v) is 10.1. The molecule has 6 heteroatoms. The van der Waals surface area contributed by atoms with Crippen LogP contribution in [0.1, 0.15) is 36.2 Å². The molecule has 1 aliphatic heterocycles. The number of amides is 1. The molecule has 0 saturated carbocycles. The van der Waals surface area contributed by atoms with Gasteiger partial charge in [0.2, 0.25) is 0 Å². The Labute approximate surface area is 170 Å². The van der Waals surface area contributed by atoms with Crippen LogP contribution in [0.2, 0.25) is 0 Å². The number of likely N-dealkylation sites (tertiary alicyclic amines) is 1. The Morgan fingerprint density at radius 2 is 2.00 bits per heavy atom. The third-order valence-corrected chi connectivity index (χ3v) is 5.95. The topological polar surface area (TPSA) is 41.4 Å². The number of halogens is 1. The first-order chi connectivity index (χ1) is 13.9. The molecule has 1 unspecified atom stereocenters. The highest BCUT2D eigenvalue weighted by molar-refractivity contribution is 5.94. The Hall–Kier alpha value is -2.73. The second-order valence-corrected chi connectivity index (χ2v) is 8.12. The fraction of sp³-hybridized carbons (Fsp3) is 0.391. The number of hydrogen-bond donors (Lipinski definition) is 0. The molecule has 1 atom stereocenters. The van der Waals surface area contributed by atoms with Crippen LogP contribution in [0.3, 0.4) is 0 Å². The minimum absolute atomic E-state index is 0.0577. The smallest absolute Gasteiger partial charge is 0.253 e. The van der Waals surface area contributed by atoms with Gasteiger partial charge in [0.15, 0.2) is 5.82 Å². The van der Waals surface area contributed by atoms with Gasteiger partial charge in [0, 0.05) is 44.3 Å². The van der Waals surface area contributed by atoms with Crippen LogP contribution in [-0.4, -0.2) is 57.5 Å². The third-order valence-electron chi connectivity index (χ3n) is 5.95. The van der Waals surface area contributed by atoms with E-state index in [1.54, 1.807) is 12.4 Å². The number of hydrogen-bond acceptors (Lipinski definition) is 3. The van der Waals surface area contributed by atoms with E-state index in [0.29, 0.717) is 23.7 Å². The molecule has 1 fully saturated rings. The highest BCUT2D eigenvalue weighted by Crippen LogP contribution is 2.20. The number of nitrogens with zero attached hydrogens (tertiary/aromatic N) is 4. The van der Waals surface area contributed by atoms with Crippen molar-refractivity contribution in [3.63, 3.8) is 0 Å². The molecule has 0 aliphatic carbocycles. The van der Waals surface area contributed by atoms with E-state index in [-0.39, 0.29) is 17.8 Å². The summed E-state index contributed by atoms with van der Waals surface area (Å²) in [6.45, 7) is 6.94. The van der Waals surface area contributed by atoms with Gasteiger partial charge in [-0.25, -0.2) is 9.37 Å². The Morgan fingerprint density at radius 3 is 2.69 bits per heavy atom. The predicted molar refractivity (Wildman–Crippen MR) is 112 cm³/mol. The molecule has 0 spiro atoms. The first-order valence-electron chi connectivity index (χ1n) is 10.1. The number of aromatic nitrogens is 2. The molecule has 0 radical (unpaired) electrons. The highest BCUT2D eigenvalue weighted by atomic mass is 19.1. The number of rotatable bonds is 5. The van der Waals surface area contributed by atoms with Gasteiger partial charge >= 0.3 is 0 Å². The van der Waals surface area contributed by atoms with E-state index in [1.807, 2.05) is 46.8 Å². The average molecular weight is 394 g/mol. The first kappa shape index (κ1) is 19.6. The SMILES string of the molecule is CC(C)N1CCC(N(C)C(=O)c2ccc(Cn3cnc4c(F)cccc43)cc2)C1. The molecule has 152 valence electrons. The van der Waals surface area contributed by atoms with E-state index in [1.165, 1.54) is 6.07 Å². The number of para-hydroxylation sites is 1. The van der Waals surface area contributed by atoms with E-state index >= 15 is 0 Å². The lowest BCUT2D eigenvalue weighted by Crippen LogP contribution is -2.40. The fourth-order valence-electron chi connectivity index (χ4n) is 4.05. The standard InChI is InChI=1S/C23H27FN4O/c1-16(2)27-12-11-19(14-27)26(3)23(29)18-9-7-17(8-10-18)13-28-15-25-22-20(24)5-4-6-21(22)28/h4-10,15-16,19H,11-14H2,1-3H3. The molecule has 2 aromatic carbocycles. The average Bonchev–Trinajstić information content (AvgIpc) is 3.36. The molecule has 1 saturated heterocycles. The zero-order valence-corrected chi connectivity index (χ0v) is 17.2. The normalized spacial score (nSPS) is 17.3. The molecule has 0 bridgehead atoms. The molecule has 1 aromatic heterocycles. The van der Waals surface area contributed by atoms with Gasteiger partial charge < -0.3 is 9.47 Å². The van der Waals surface area contributed by atoms with Crippen molar-refractivity contribution in [2.45, 2.75) is 38.9 Å². The van der Waals surface area contributed by atoms with Crippen molar-refractivity contribution in [2.24, 2.45) is 0 Å². The van der Waals surface area contributed by atoms with Crippen LogP contribution in [-0.2, 0) is 6.54 Å². The van der Waals surface area contributed by atoms with Crippen molar-refractivity contribution >= 4 is 16.9 Å². The zero-order valence-electron chi connectivity index (χ0n) is 17.2. The van der Waals surface area contributed by atoms with Crippen LogP contribution in [0.5, 0.6) is 0 Å². The molecule has 2 heterocycles. The van der Waals surface area contributed by atoms with Crippen molar-refractivity contribution in [3.8, 4) is 0 Å². The summed E-state index contributed by atoms with van der Waals surface area (Å²) in [4.78, 5) is 21.4. The van der Waals surface area contributed by atoms with Gasteiger partial charge in [0.1, 0.15) is 5.52 Å². The number of fused-ring (bicyclic) bond motifs is 1. The van der Waals surface area contributed by atoms with Gasteiger partial charge in [-0.3, -0.25) is 9.69 Å². The Kier molecular flexibility index (Phi) is 5.37. The van der Waals surface area contributed by atoms with Crippen LogP contribution in [0.15, 0.2) is 48.8 Å². The minimum Gasteiger partial charge on any atom is -0.337 e. The summed E-state index contributed by atoms with van der Waals surface area (Å²) < 4.78 is 15.7. The van der Waals surface area contributed by atoms with Gasteiger partial charge in [-0.2, -0.15) is 0 Å². The largest absolute Gasteiger partial charge is 0.337 e. The Balaban J connectivity index is 1.45. The van der Waals surface area contributed by atoms with E-state index in [0.717, 1.165) is 30.6 Å². The minimum atomic E-state index is -0.312. The van der Waals surface area contributed by atoms with Gasteiger partial charge in [0.25, 0.3) is 5.91 Å². The maximum Gasteiger partial charge on any atom is 0.253 e. The van der Waals surface area contributed by atoms with Gasteiger partial charge in [-0.05, 0) is 50.1 Å². The molecule has 5 nitrogen and oxygen atoms in total. The summed E-state index contributed by atoms with van der Waals surface area (Å²) in [6, 6.07) is 13.4. The van der Waals surface area contributed by atoms with Crippen molar-refractivity contribution < 1.29 is 9.18 Å². The monoisotopic (exact) mass is 394 g/mol. The maximum atomic E-state index is 13.8. The molecular weight excluding hydrogens is 367 g/mol. The van der Waals surface area contributed by atoms with Gasteiger partial charge in [-0.15, -0.1) is 0 Å². The summed E-state index contributed by atoms with van der Waals surface area (Å²) in [5, 5.41) is 0. The van der Waals surface area contributed by atoms with E-state index < -0.39 is 0 Å². The van der Waals surface area contributed by atoms with Crippen LogP contribution >= 0.6 is 0 Å². The van der Waals surface area contributed by atoms with Gasteiger partial charge in [0.05, 0.1) is 11.8 Å². The molecule has 0 N–H and O–H groups in total. The zero-order chi connectivity index (χ0) is 20.5. The van der Waals surface area contributed by atoms with Gasteiger partial charge in [-0.1, -0.05) is 18.2 Å². The summed E-state index contributed by atoms with van der Waals surface area (Å²) >= 11 is 0. The summed E-state index contributed by atoms with van der Waals surface area (Å²) in [7, 11) is 1.90. The fourth-order valence-corrected chi connectivity index (χ4v) is 4.05. The third kappa shape index (κ3) is 3.90. The Morgan fingerprint density at radius 1 is 1.24 bits per heavy atom. The second kappa shape index (κ2) is 7.95. The lowest BCUT2D eigenvalue weighted by atomic mass is 10.1. The van der Waals surface area contributed by atoms with E-state index in [9.17, 15) is 9.18 Å². The molecule has 4 rings (SSSR count). The summed E-state index contributed by atoms with van der Waals surface area (Å²) in [5.41, 5.74) is 2.88. The second-order valence-electron chi connectivity index (χ2n) is 8.12. The lowest BCUT2D eigenvalue weighted by molar-refractivity contribution is 0.0732. The van der Waals surface area contributed by atoms with Crippen molar-refractivity contribution in [2.75, 3.05) is 20.1 Å². The van der Waals surface area contributed by atoms with Crippen molar-refractivity contribution in [3.05, 3.63) is 65.7 Å². The van der Waals surface area contributed by atoms with Crippen LogP contribution in [0.4, 0.5) is 4.39 Å². The molecule has 1 aliphatic rings. The lowest BCUT2D eigenvalue weighted by Gasteiger charge is -2.26. The summed E-state index contributed by atoms with van der Waals surface area (Å²) in [6.07, 6.45) is 2.67. The van der Waals surface area contributed by atoms with Crippen molar-refractivity contribution in [1.82, 2.24) is 19.4 Å². The number of carbonyl (C=O) groups is 1. The van der Waals surface area contributed by atoms with E-state index in [4.69, 9.17) is 0 Å². The molecular formula is C23H27FN4O. The van der Waals surface area contributed by atoms with Crippen molar-refractivity contribution in [1.29, 1.82) is 0 Å². The molecule has 3 aromatic rings. The number of carbonyl (C=O) groups excluding carboxylic acids is 1.